The van der Waals surface area contributed by atoms with E-state index in [2.05, 4.69) is 0 Å². The summed E-state index contributed by atoms with van der Waals surface area (Å²) in [5.74, 6) is -0.0546. The number of phenols is 1. The van der Waals surface area contributed by atoms with Crippen molar-refractivity contribution in [2.45, 2.75) is 39.2 Å². The molecule has 0 aromatic heterocycles. The van der Waals surface area contributed by atoms with Crippen molar-refractivity contribution < 1.29 is 24.2 Å². The molecule has 1 aliphatic heterocycles. The molecule has 3 rings (SSSR count). The normalized spacial score (nSPS) is 18.1. The van der Waals surface area contributed by atoms with Crippen LogP contribution in [0.4, 0.5) is 0 Å². The third-order valence-corrected chi connectivity index (χ3v) is 4.59. The number of rotatable bonds is 5. The van der Waals surface area contributed by atoms with Crippen molar-refractivity contribution in [2.24, 2.45) is 0 Å². The summed E-state index contributed by atoms with van der Waals surface area (Å²) in [6, 6.07) is 10.2. The topological polar surface area (TPSA) is 72.8 Å². The first-order valence-corrected chi connectivity index (χ1v) is 8.80. The molecule has 1 aliphatic rings. The van der Waals surface area contributed by atoms with Crippen molar-refractivity contribution in [3.8, 4) is 11.5 Å². The number of ether oxygens (including phenoxy) is 2. The van der Waals surface area contributed by atoms with Gasteiger partial charge in [0.05, 0.1) is 17.7 Å². The largest absolute Gasteiger partial charge is 0.508 e. The van der Waals surface area contributed by atoms with Gasteiger partial charge in [0.25, 0.3) is 0 Å². The molecule has 2 aromatic carbocycles. The fourth-order valence-electron chi connectivity index (χ4n) is 3.42. The maximum Gasteiger partial charge on any atom is 0.338 e. The van der Waals surface area contributed by atoms with E-state index in [-0.39, 0.29) is 30.2 Å². The standard InChI is InChI=1S/C21H22O5/c1-4-18(23)16-10-14(21(24)25-5-2)11-17-19(12(3)26-20(16)17)13-7-6-8-15(22)9-13/h6-12,19,22H,4-5H2,1-3H3/t12-,19-/m1/s1. The van der Waals surface area contributed by atoms with E-state index < -0.39 is 5.97 Å². The summed E-state index contributed by atoms with van der Waals surface area (Å²) in [7, 11) is 0. The molecule has 0 spiro atoms. The highest BCUT2D eigenvalue weighted by Crippen LogP contribution is 2.45. The number of carbonyl (C=O) groups excluding carboxylic acids is 2. The Hall–Kier alpha value is -2.82. The van der Waals surface area contributed by atoms with Crippen LogP contribution in [0, 0.1) is 0 Å². The van der Waals surface area contributed by atoms with Gasteiger partial charge in [0.15, 0.2) is 5.78 Å². The molecule has 5 heteroatoms. The Morgan fingerprint density at radius 3 is 2.62 bits per heavy atom. The van der Waals surface area contributed by atoms with Crippen molar-refractivity contribution in [1.29, 1.82) is 0 Å². The van der Waals surface area contributed by atoms with Crippen molar-refractivity contribution in [1.82, 2.24) is 0 Å². The van der Waals surface area contributed by atoms with Gasteiger partial charge >= 0.3 is 5.97 Å². The Morgan fingerprint density at radius 2 is 1.96 bits per heavy atom. The molecular formula is C21H22O5. The minimum Gasteiger partial charge on any atom is -0.508 e. The maximum absolute atomic E-state index is 12.4. The van der Waals surface area contributed by atoms with Gasteiger partial charge in [-0.3, -0.25) is 4.79 Å². The van der Waals surface area contributed by atoms with E-state index in [1.54, 1.807) is 44.2 Å². The monoisotopic (exact) mass is 354 g/mol. The minimum absolute atomic E-state index is 0.0869. The fraction of sp³-hybridized carbons (Fsp3) is 0.333. The quantitative estimate of drug-likeness (QED) is 0.647. The molecule has 0 fully saturated rings. The van der Waals surface area contributed by atoms with Crippen LogP contribution in [-0.4, -0.2) is 29.6 Å². The lowest BCUT2D eigenvalue weighted by Gasteiger charge is -2.15. The fourth-order valence-corrected chi connectivity index (χ4v) is 3.42. The van der Waals surface area contributed by atoms with Crippen molar-refractivity contribution in [3.05, 3.63) is 58.7 Å². The number of hydrogen-bond donors (Lipinski definition) is 1. The summed E-state index contributed by atoms with van der Waals surface area (Å²) < 4.78 is 11.1. The zero-order chi connectivity index (χ0) is 18.8. The molecule has 0 amide bonds. The second-order valence-corrected chi connectivity index (χ2v) is 6.33. The molecule has 1 heterocycles. The average molecular weight is 354 g/mol. The van der Waals surface area contributed by atoms with Gasteiger partial charge in [-0.15, -0.1) is 0 Å². The van der Waals surface area contributed by atoms with E-state index in [1.807, 2.05) is 13.0 Å². The Labute approximate surface area is 152 Å². The van der Waals surface area contributed by atoms with Gasteiger partial charge in [-0.2, -0.15) is 0 Å². The summed E-state index contributed by atoms with van der Waals surface area (Å²) in [6.07, 6.45) is 0.0837. The number of carbonyl (C=O) groups is 2. The number of ketones is 1. The van der Waals surface area contributed by atoms with Crippen LogP contribution in [0.5, 0.6) is 11.5 Å². The second-order valence-electron chi connectivity index (χ2n) is 6.33. The predicted molar refractivity (Wildman–Crippen MR) is 97.1 cm³/mol. The van der Waals surface area contributed by atoms with E-state index in [4.69, 9.17) is 9.47 Å². The van der Waals surface area contributed by atoms with Crippen LogP contribution in [0.1, 0.15) is 65.0 Å². The molecule has 2 atom stereocenters. The van der Waals surface area contributed by atoms with Gasteiger partial charge in [-0.05, 0) is 43.7 Å². The molecule has 2 aromatic rings. The Morgan fingerprint density at radius 1 is 1.19 bits per heavy atom. The zero-order valence-corrected chi connectivity index (χ0v) is 15.1. The number of Topliss-reactive ketones (excluding diaryl/α,β-unsaturated/α-hetero) is 1. The van der Waals surface area contributed by atoms with Gasteiger partial charge in [-0.1, -0.05) is 19.1 Å². The third-order valence-electron chi connectivity index (χ3n) is 4.59. The van der Waals surface area contributed by atoms with Gasteiger partial charge in [-0.25, -0.2) is 4.79 Å². The number of aromatic hydroxyl groups is 1. The van der Waals surface area contributed by atoms with Gasteiger partial charge in [0, 0.05) is 17.9 Å². The second kappa shape index (κ2) is 7.20. The van der Waals surface area contributed by atoms with Crippen LogP contribution in [0.2, 0.25) is 0 Å². The zero-order valence-electron chi connectivity index (χ0n) is 15.1. The maximum atomic E-state index is 12.4. The SMILES string of the molecule is CCOC(=O)c1cc(C(=O)CC)c2c(c1)[C@@H](c1cccc(O)c1)[C@@H](C)O2. The highest BCUT2D eigenvalue weighted by molar-refractivity contribution is 6.02. The molecule has 0 saturated carbocycles. The third kappa shape index (κ3) is 3.17. The Bertz CT molecular complexity index is 855. The molecule has 0 unspecified atom stereocenters. The first kappa shape index (κ1) is 18.0. The molecule has 26 heavy (non-hydrogen) atoms. The first-order valence-electron chi connectivity index (χ1n) is 8.80. The van der Waals surface area contributed by atoms with E-state index in [0.717, 1.165) is 11.1 Å². The Kier molecular flexibility index (Phi) is 4.98. The molecule has 0 aliphatic carbocycles. The number of fused-ring (bicyclic) bond motifs is 1. The summed E-state index contributed by atoms with van der Waals surface area (Å²) >= 11 is 0. The van der Waals surface area contributed by atoms with Crippen molar-refractivity contribution >= 4 is 11.8 Å². The van der Waals surface area contributed by atoms with Crippen molar-refractivity contribution in [3.63, 3.8) is 0 Å². The lowest BCUT2D eigenvalue weighted by Crippen LogP contribution is -2.15. The smallest absolute Gasteiger partial charge is 0.338 e. The van der Waals surface area contributed by atoms with Crippen LogP contribution in [0.3, 0.4) is 0 Å². The summed E-state index contributed by atoms with van der Waals surface area (Å²) in [5, 5.41) is 9.83. The van der Waals surface area contributed by atoms with Gasteiger partial charge in [0.2, 0.25) is 0 Å². The van der Waals surface area contributed by atoms with Gasteiger partial charge in [0.1, 0.15) is 17.6 Å². The van der Waals surface area contributed by atoms with E-state index >= 15 is 0 Å². The van der Waals surface area contributed by atoms with Crippen LogP contribution >= 0.6 is 0 Å². The minimum atomic E-state index is -0.463. The molecule has 0 radical (unpaired) electrons. The van der Waals surface area contributed by atoms with Crippen LogP contribution in [-0.2, 0) is 4.74 Å². The number of benzene rings is 2. The lowest BCUT2D eigenvalue weighted by molar-refractivity contribution is 0.0526. The highest BCUT2D eigenvalue weighted by Gasteiger charge is 2.36. The molecule has 0 bridgehead atoms. The molecular weight excluding hydrogens is 332 g/mol. The van der Waals surface area contributed by atoms with Crippen LogP contribution in [0.25, 0.3) is 0 Å². The van der Waals surface area contributed by atoms with E-state index in [0.29, 0.717) is 23.3 Å². The van der Waals surface area contributed by atoms with Crippen LogP contribution < -0.4 is 4.74 Å². The first-order chi connectivity index (χ1) is 12.5. The summed E-state index contributed by atoms with van der Waals surface area (Å²) in [5.41, 5.74) is 2.38. The van der Waals surface area contributed by atoms with E-state index in [9.17, 15) is 14.7 Å². The number of hydrogen-bond acceptors (Lipinski definition) is 5. The number of phenolic OH excluding ortho intramolecular Hbond substituents is 1. The van der Waals surface area contributed by atoms with Crippen LogP contribution in [0.15, 0.2) is 36.4 Å². The molecule has 0 saturated heterocycles. The predicted octanol–water partition coefficient (Wildman–Crippen LogP) is 4.07. The van der Waals surface area contributed by atoms with E-state index in [1.165, 1.54) is 0 Å². The molecule has 5 nitrogen and oxygen atoms in total. The lowest BCUT2D eigenvalue weighted by atomic mass is 9.86. The number of esters is 1. The average Bonchev–Trinajstić information content (AvgIpc) is 2.96. The molecule has 136 valence electrons. The highest BCUT2D eigenvalue weighted by atomic mass is 16.5. The molecule has 1 N–H and O–H groups in total. The van der Waals surface area contributed by atoms with Crippen molar-refractivity contribution in [2.75, 3.05) is 6.61 Å². The summed E-state index contributed by atoms with van der Waals surface area (Å²) in [4.78, 5) is 24.7. The Balaban J connectivity index is 2.17. The summed E-state index contributed by atoms with van der Waals surface area (Å²) in [6.45, 7) is 5.69. The van der Waals surface area contributed by atoms with Gasteiger partial charge < -0.3 is 14.6 Å².